The Hall–Kier alpha value is -4.33. The summed E-state index contributed by atoms with van der Waals surface area (Å²) in [4.78, 5) is 80.6. The maximum atomic E-state index is 12.7. The summed E-state index contributed by atoms with van der Waals surface area (Å²) in [6.07, 6.45) is -0.135. The van der Waals surface area contributed by atoms with E-state index in [2.05, 4.69) is 43.9 Å². The number of guanidine groups is 2. The van der Waals surface area contributed by atoms with Gasteiger partial charge in [-0.1, -0.05) is 0 Å². The first-order valence-electron chi connectivity index (χ1n) is 12.3. The summed E-state index contributed by atoms with van der Waals surface area (Å²) in [5.74, 6) is -5.97. The standard InChI is InChI=1S/C21H40N12O7S/c22-10(9-41)16(36)32-11(3-1-5-28-20(24)25)17(37)30-8-15(35)31-13(7-14(23)34)18(38)33-12(19(39)40)4-2-6-29-21(26)27/h10-13,41H,1-9,22H2,(H2,23,34)(H,30,37)(H,31,35)(H,32,36)(H,33,38)(H,39,40)(H4,24,25,28)(H4,26,27,29)/t10-,11-,12-,13-/m0/s1. The third-order valence-corrected chi connectivity index (χ3v) is 5.55. The van der Waals surface area contributed by atoms with Crippen LogP contribution in [0.5, 0.6) is 0 Å². The summed E-state index contributed by atoms with van der Waals surface area (Å²) >= 11 is 3.94. The Labute approximate surface area is 241 Å². The van der Waals surface area contributed by atoms with Crippen molar-refractivity contribution in [2.45, 2.75) is 56.3 Å². The molecule has 0 rings (SSSR count). The second-order valence-electron chi connectivity index (χ2n) is 8.66. The Bertz CT molecular complexity index is 986. The third-order valence-electron chi connectivity index (χ3n) is 5.15. The number of carboxylic acids is 1. The predicted molar refractivity (Wildman–Crippen MR) is 152 cm³/mol. The van der Waals surface area contributed by atoms with Crippen LogP contribution in [0.2, 0.25) is 0 Å². The zero-order chi connectivity index (χ0) is 31.5. The highest BCUT2D eigenvalue weighted by Crippen LogP contribution is 2.02. The Kier molecular flexibility index (Phi) is 17.6. The molecule has 0 aromatic heterocycles. The van der Waals surface area contributed by atoms with Crippen molar-refractivity contribution in [1.29, 1.82) is 0 Å². The van der Waals surface area contributed by atoms with Crippen LogP contribution in [0.4, 0.5) is 0 Å². The van der Waals surface area contributed by atoms with Crippen molar-refractivity contribution < 1.29 is 33.9 Å². The van der Waals surface area contributed by atoms with Crippen molar-refractivity contribution in [3.63, 3.8) is 0 Å². The van der Waals surface area contributed by atoms with Crippen LogP contribution in [0.1, 0.15) is 32.1 Å². The van der Waals surface area contributed by atoms with Gasteiger partial charge in [-0.2, -0.15) is 12.6 Å². The molecule has 0 bridgehead atoms. The molecule has 0 aromatic carbocycles. The van der Waals surface area contributed by atoms with Gasteiger partial charge in [0.1, 0.15) is 18.1 Å². The molecule has 0 aliphatic rings. The summed E-state index contributed by atoms with van der Waals surface area (Å²) in [5.41, 5.74) is 31.8. The topological polar surface area (TPSA) is 352 Å². The summed E-state index contributed by atoms with van der Waals surface area (Å²) in [7, 11) is 0. The molecule has 5 amide bonds. The van der Waals surface area contributed by atoms with E-state index < -0.39 is 72.6 Å². The van der Waals surface area contributed by atoms with Gasteiger partial charge in [0.05, 0.1) is 19.0 Å². The number of carbonyl (C=O) groups excluding carboxylic acids is 5. The number of nitrogens with two attached hydrogens (primary N) is 6. The predicted octanol–water partition coefficient (Wildman–Crippen LogP) is -6.12. The molecular weight excluding hydrogens is 564 g/mol. The molecule has 0 heterocycles. The molecule has 0 spiro atoms. The summed E-state index contributed by atoms with van der Waals surface area (Å²) in [6.45, 7) is -0.392. The van der Waals surface area contributed by atoms with Crippen molar-refractivity contribution in [1.82, 2.24) is 21.3 Å². The molecule has 0 fully saturated rings. The van der Waals surface area contributed by atoms with Gasteiger partial charge in [-0.25, -0.2) is 4.79 Å². The first kappa shape index (κ1) is 36.7. The normalized spacial score (nSPS) is 13.3. The first-order valence-corrected chi connectivity index (χ1v) is 13.0. The Morgan fingerprint density at radius 3 is 1.71 bits per heavy atom. The van der Waals surface area contributed by atoms with Gasteiger partial charge in [-0.05, 0) is 25.7 Å². The van der Waals surface area contributed by atoms with Crippen molar-refractivity contribution in [2.24, 2.45) is 44.4 Å². The molecule has 0 unspecified atom stereocenters. The minimum Gasteiger partial charge on any atom is -0.480 e. The maximum Gasteiger partial charge on any atom is 0.326 e. The van der Waals surface area contributed by atoms with Gasteiger partial charge in [0, 0.05) is 18.8 Å². The maximum absolute atomic E-state index is 12.7. The fourth-order valence-corrected chi connectivity index (χ4v) is 3.28. The highest BCUT2D eigenvalue weighted by Gasteiger charge is 2.28. The van der Waals surface area contributed by atoms with Crippen LogP contribution in [0.25, 0.3) is 0 Å². The summed E-state index contributed by atoms with van der Waals surface area (Å²) in [5, 5.41) is 18.6. The number of rotatable bonds is 20. The van der Waals surface area contributed by atoms with E-state index in [0.717, 1.165) is 0 Å². The van der Waals surface area contributed by atoms with Crippen LogP contribution < -0.4 is 55.7 Å². The van der Waals surface area contributed by atoms with Crippen molar-refractivity contribution >= 4 is 60.1 Å². The van der Waals surface area contributed by atoms with E-state index in [-0.39, 0.29) is 56.4 Å². The Morgan fingerprint density at radius 2 is 1.24 bits per heavy atom. The number of nitrogens with one attached hydrogen (secondary N) is 4. The number of hydrogen-bond acceptors (Lipinski definition) is 10. The molecule has 0 aliphatic heterocycles. The Balaban J connectivity index is 5.27. The first-order chi connectivity index (χ1) is 19.2. The average molecular weight is 605 g/mol. The van der Waals surface area contributed by atoms with E-state index in [4.69, 9.17) is 34.4 Å². The second-order valence-corrected chi connectivity index (χ2v) is 9.02. The van der Waals surface area contributed by atoms with Crippen LogP contribution in [0.3, 0.4) is 0 Å². The molecule has 0 radical (unpaired) electrons. The quantitative estimate of drug-likeness (QED) is 0.0267. The highest BCUT2D eigenvalue weighted by atomic mass is 32.1. The zero-order valence-corrected chi connectivity index (χ0v) is 23.3. The van der Waals surface area contributed by atoms with Gasteiger partial charge >= 0.3 is 5.97 Å². The van der Waals surface area contributed by atoms with Crippen LogP contribution >= 0.6 is 12.6 Å². The molecular formula is C21H40N12O7S. The number of nitrogens with zero attached hydrogens (tertiary/aromatic N) is 2. The van der Waals surface area contributed by atoms with Crippen LogP contribution in [0.15, 0.2) is 9.98 Å². The van der Waals surface area contributed by atoms with Gasteiger partial charge in [-0.15, -0.1) is 0 Å². The van der Waals surface area contributed by atoms with E-state index in [1.807, 2.05) is 0 Å². The monoisotopic (exact) mass is 604 g/mol. The number of hydrogen-bond donors (Lipinski definition) is 12. The minimum absolute atomic E-state index is 0.0128. The van der Waals surface area contributed by atoms with Crippen molar-refractivity contribution in [3.8, 4) is 0 Å². The number of aliphatic imine (C=N–C) groups is 2. The Morgan fingerprint density at radius 1 is 0.732 bits per heavy atom. The molecule has 41 heavy (non-hydrogen) atoms. The summed E-state index contributed by atoms with van der Waals surface area (Å²) < 4.78 is 0. The number of thiol groups is 1. The summed E-state index contributed by atoms with van der Waals surface area (Å²) in [6, 6.07) is -5.03. The molecule has 232 valence electrons. The van der Waals surface area contributed by atoms with Crippen molar-refractivity contribution in [2.75, 3.05) is 25.4 Å². The largest absolute Gasteiger partial charge is 0.480 e. The minimum atomic E-state index is -1.54. The lowest BCUT2D eigenvalue weighted by Crippen LogP contribution is -2.55. The lowest BCUT2D eigenvalue weighted by Gasteiger charge is -2.22. The molecule has 0 aliphatic carbocycles. The van der Waals surface area contributed by atoms with Gasteiger partial charge < -0.3 is 60.8 Å². The SMILES string of the molecule is NC(=O)C[C@H](NC(=O)CNC(=O)[C@H](CCCN=C(N)N)NC(=O)[C@@H](N)CS)C(=O)N[C@@H](CCCN=C(N)N)C(=O)O. The van der Waals surface area contributed by atoms with E-state index >= 15 is 0 Å². The molecule has 0 saturated carbocycles. The van der Waals surface area contributed by atoms with Gasteiger partial charge in [0.2, 0.25) is 29.5 Å². The molecule has 4 atom stereocenters. The fraction of sp³-hybridized carbons (Fsp3) is 0.619. The van der Waals surface area contributed by atoms with Gasteiger partial charge in [-0.3, -0.25) is 34.0 Å². The number of aliphatic carboxylic acids is 1. The van der Waals surface area contributed by atoms with E-state index in [0.29, 0.717) is 0 Å². The molecule has 20 heteroatoms. The molecule has 0 aromatic rings. The zero-order valence-electron chi connectivity index (χ0n) is 22.4. The van der Waals surface area contributed by atoms with Gasteiger partial charge in [0.15, 0.2) is 11.9 Å². The van der Waals surface area contributed by atoms with Crippen LogP contribution in [0, 0.1) is 0 Å². The van der Waals surface area contributed by atoms with E-state index in [9.17, 15) is 33.9 Å². The number of carboxylic acid groups (broad SMARTS) is 1. The number of primary amides is 1. The molecule has 0 saturated heterocycles. The van der Waals surface area contributed by atoms with E-state index in [1.54, 1.807) is 0 Å². The van der Waals surface area contributed by atoms with Crippen LogP contribution in [-0.2, 0) is 28.8 Å². The smallest absolute Gasteiger partial charge is 0.326 e. The third kappa shape index (κ3) is 17.1. The van der Waals surface area contributed by atoms with Gasteiger partial charge in [0.25, 0.3) is 0 Å². The lowest BCUT2D eigenvalue weighted by molar-refractivity contribution is -0.142. The van der Waals surface area contributed by atoms with Crippen molar-refractivity contribution in [3.05, 3.63) is 0 Å². The fourth-order valence-electron chi connectivity index (χ4n) is 3.11. The van der Waals surface area contributed by atoms with E-state index in [1.165, 1.54) is 0 Å². The highest BCUT2D eigenvalue weighted by molar-refractivity contribution is 7.80. The average Bonchev–Trinajstić information content (AvgIpc) is 2.88. The molecule has 19 nitrogen and oxygen atoms in total. The lowest BCUT2D eigenvalue weighted by atomic mass is 10.1. The number of amides is 5. The number of carbonyl (C=O) groups is 6. The second kappa shape index (κ2) is 19.7. The van der Waals surface area contributed by atoms with Crippen LogP contribution in [-0.4, -0.2) is 102 Å². The molecule has 17 N–H and O–H groups in total.